The monoisotopic (exact) mass is 460 g/mol. The fourth-order valence-electron chi connectivity index (χ4n) is 6.36. The Bertz CT molecular complexity index is 880. The number of nitrogens with zero attached hydrogens (tertiary/aromatic N) is 1. The molecule has 4 nitrogen and oxygen atoms in total. The van der Waals surface area contributed by atoms with Crippen molar-refractivity contribution in [1.29, 1.82) is 0 Å². The standard InChI is InChI=1S/C22H25BrN2O2S/c23-17-3-1-14(2-4-17)6-18-12-24-20(28-18)25-19(26)11-21-7-15-5-16(8-21)10-22(27,9-15)13-21/h1-4,12,15-16,27H,5-11,13H2,(H,24,25,26). The summed E-state index contributed by atoms with van der Waals surface area (Å²) < 4.78 is 1.07. The Labute approximate surface area is 177 Å². The number of aromatic nitrogens is 1. The van der Waals surface area contributed by atoms with E-state index in [1.54, 1.807) is 11.3 Å². The minimum absolute atomic E-state index is 0.000428. The molecule has 28 heavy (non-hydrogen) atoms. The average molecular weight is 461 g/mol. The van der Waals surface area contributed by atoms with E-state index >= 15 is 0 Å². The molecule has 4 bridgehead atoms. The molecule has 0 aliphatic heterocycles. The highest BCUT2D eigenvalue weighted by Crippen LogP contribution is 2.62. The highest BCUT2D eigenvalue weighted by atomic mass is 79.9. The molecule has 148 valence electrons. The molecule has 2 atom stereocenters. The number of halogens is 1. The van der Waals surface area contributed by atoms with Gasteiger partial charge in [-0.3, -0.25) is 4.79 Å². The van der Waals surface area contributed by atoms with Gasteiger partial charge in [-0.25, -0.2) is 4.98 Å². The molecule has 6 heteroatoms. The van der Waals surface area contributed by atoms with E-state index in [1.165, 1.54) is 12.0 Å². The van der Waals surface area contributed by atoms with E-state index in [1.807, 2.05) is 18.3 Å². The summed E-state index contributed by atoms with van der Waals surface area (Å²) in [6.07, 6.45) is 9.33. The maximum absolute atomic E-state index is 12.8. The maximum atomic E-state index is 12.8. The number of nitrogens with one attached hydrogen (secondary N) is 1. The van der Waals surface area contributed by atoms with Gasteiger partial charge in [-0.05, 0) is 73.5 Å². The van der Waals surface area contributed by atoms with Crippen LogP contribution in [0.15, 0.2) is 34.9 Å². The van der Waals surface area contributed by atoms with Gasteiger partial charge in [0.1, 0.15) is 0 Å². The number of amides is 1. The van der Waals surface area contributed by atoms with Gasteiger partial charge in [-0.2, -0.15) is 0 Å². The van der Waals surface area contributed by atoms with Crippen LogP contribution < -0.4 is 5.32 Å². The number of hydrogen-bond acceptors (Lipinski definition) is 4. The van der Waals surface area contributed by atoms with Crippen molar-refractivity contribution in [3.63, 3.8) is 0 Å². The van der Waals surface area contributed by atoms with Crippen LogP contribution >= 0.6 is 27.3 Å². The van der Waals surface area contributed by atoms with Crippen LogP contribution in [0.2, 0.25) is 0 Å². The number of rotatable bonds is 5. The molecule has 1 aromatic heterocycles. The van der Waals surface area contributed by atoms with Gasteiger partial charge >= 0.3 is 0 Å². The maximum Gasteiger partial charge on any atom is 0.226 e. The third-order valence-corrected chi connectivity index (χ3v) is 8.22. The van der Waals surface area contributed by atoms with Crippen molar-refractivity contribution in [3.8, 4) is 0 Å². The van der Waals surface area contributed by atoms with E-state index in [0.29, 0.717) is 23.4 Å². The summed E-state index contributed by atoms with van der Waals surface area (Å²) in [5, 5.41) is 14.6. The smallest absolute Gasteiger partial charge is 0.226 e. The van der Waals surface area contributed by atoms with Crippen molar-refractivity contribution in [3.05, 3.63) is 45.4 Å². The van der Waals surface area contributed by atoms with Crippen molar-refractivity contribution in [2.75, 3.05) is 5.32 Å². The molecule has 4 aliphatic rings. The number of hydrogen-bond donors (Lipinski definition) is 2. The molecule has 2 aromatic rings. The molecule has 2 N–H and O–H groups in total. The third-order valence-electron chi connectivity index (χ3n) is 6.78. The summed E-state index contributed by atoms with van der Waals surface area (Å²) in [7, 11) is 0. The van der Waals surface area contributed by atoms with Crippen LogP contribution in [-0.4, -0.2) is 21.6 Å². The van der Waals surface area contributed by atoms with E-state index in [2.05, 4.69) is 38.4 Å². The molecule has 1 aromatic carbocycles. The quantitative estimate of drug-likeness (QED) is 0.647. The number of carbonyl (C=O) groups is 1. The summed E-state index contributed by atoms with van der Waals surface area (Å²) >= 11 is 5.01. The number of anilines is 1. The molecule has 0 spiro atoms. The van der Waals surface area contributed by atoms with Gasteiger partial charge in [0.05, 0.1) is 5.60 Å². The summed E-state index contributed by atoms with van der Waals surface area (Å²) in [6, 6.07) is 8.27. The van der Waals surface area contributed by atoms with Crippen molar-refractivity contribution in [1.82, 2.24) is 4.98 Å². The topological polar surface area (TPSA) is 62.2 Å². The Morgan fingerprint density at radius 1 is 1.21 bits per heavy atom. The second-order valence-electron chi connectivity index (χ2n) is 9.35. The van der Waals surface area contributed by atoms with E-state index in [0.717, 1.165) is 47.9 Å². The molecular weight excluding hydrogens is 436 g/mol. The van der Waals surface area contributed by atoms with Crippen molar-refractivity contribution in [2.45, 2.75) is 57.0 Å². The normalized spacial score (nSPS) is 33.2. The molecule has 6 rings (SSSR count). The Morgan fingerprint density at radius 3 is 2.61 bits per heavy atom. The van der Waals surface area contributed by atoms with Gasteiger partial charge in [0, 0.05) is 28.4 Å². The Morgan fingerprint density at radius 2 is 1.93 bits per heavy atom. The first-order valence-electron chi connectivity index (χ1n) is 10.1. The fraction of sp³-hybridized carbons (Fsp3) is 0.545. The Hall–Kier alpha value is -1.24. The van der Waals surface area contributed by atoms with E-state index < -0.39 is 5.60 Å². The summed E-state index contributed by atoms with van der Waals surface area (Å²) in [6.45, 7) is 0. The lowest BCUT2D eigenvalue weighted by molar-refractivity contribution is -0.167. The van der Waals surface area contributed by atoms with Gasteiger partial charge in [-0.1, -0.05) is 28.1 Å². The van der Waals surface area contributed by atoms with Crippen molar-refractivity contribution >= 4 is 38.3 Å². The predicted molar refractivity (Wildman–Crippen MR) is 114 cm³/mol. The van der Waals surface area contributed by atoms with Gasteiger partial charge in [0.15, 0.2) is 5.13 Å². The number of thiazole rings is 1. The van der Waals surface area contributed by atoms with Crippen LogP contribution in [0.25, 0.3) is 0 Å². The predicted octanol–water partition coefficient (Wildman–Crippen LogP) is 5.16. The molecule has 1 amide bonds. The molecule has 4 aliphatic carbocycles. The Balaban J connectivity index is 1.22. The van der Waals surface area contributed by atoms with Crippen molar-refractivity contribution in [2.24, 2.45) is 17.3 Å². The van der Waals surface area contributed by atoms with Crippen LogP contribution in [0.4, 0.5) is 5.13 Å². The lowest BCUT2D eigenvalue weighted by Gasteiger charge is -2.60. The minimum atomic E-state index is -0.511. The van der Waals surface area contributed by atoms with Crippen LogP contribution in [0, 0.1) is 17.3 Å². The first-order valence-corrected chi connectivity index (χ1v) is 11.7. The van der Waals surface area contributed by atoms with Crippen LogP contribution in [0.5, 0.6) is 0 Å². The second kappa shape index (κ2) is 6.92. The summed E-state index contributed by atoms with van der Waals surface area (Å²) in [5.74, 6) is 1.27. The zero-order valence-corrected chi connectivity index (χ0v) is 18.2. The largest absolute Gasteiger partial charge is 0.390 e. The second-order valence-corrected chi connectivity index (χ2v) is 11.4. The average Bonchev–Trinajstić information content (AvgIpc) is 3.01. The molecular formula is C22H25BrN2O2S. The first-order chi connectivity index (χ1) is 13.4. The van der Waals surface area contributed by atoms with Gasteiger partial charge in [0.2, 0.25) is 5.91 Å². The minimum Gasteiger partial charge on any atom is -0.390 e. The van der Waals surface area contributed by atoms with Crippen molar-refractivity contribution < 1.29 is 9.90 Å². The molecule has 0 saturated heterocycles. The van der Waals surface area contributed by atoms with Gasteiger partial charge < -0.3 is 10.4 Å². The molecule has 4 fully saturated rings. The fourth-order valence-corrected chi connectivity index (χ4v) is 7.49. The summed E-state index contributed by atoms with van der Waals surface area (Å²) in [5.41, 5.74) is 0.718. The zero-order valence-electron chi connectivity index (χ0n) is 15.8. The molecule has 1 heterocycles. The van der Waals surface area contributed by atoms with Crippen LogP contribution in [0.3, 0.4) is 0 Å². The first kappa shape index (κ1) is 18.8. The number of aliphatic hydroxyl groups is 1. The lowest BCUT2D eigenvalue weighted by Crippen LogP contribution is -2.56. The van der Waals surface area contributed by atoms with Crippen LogP contribution in [0.1, 0.15) is 55.4 Å². The van der Waals surface area contributed by atoms with Crippen LogP contribution in [-0.2, 0) is 11.2 Å². The zero-order chi connectivity index (χ0) is 19.4. The number of benzene rings is 1. The molecule has 0 radical (unpaired) electrons. The van der Waals surface area contributed by atoms with Gasteiger partial charge in [0.25, 0.3) is 0 Å². The number of carbonyl (C=O) groups excluding carboxylic acids is 1. The van der Waals surface area contributed by atoms with Gasteiger partial charge in [-0.15, -0.1) is 11.3 Å². The lowest BCUT2D eigenvalue weighted by atomic mass is 9.47. The molecule has 4 saturated carbocycles. The SMILES string of the molecule is O=C(CC12CC3CC(CC(O)(C3)C1)C2)Nc1ncc(Cc2ccc(Br)cc2)s1. The third kappa shape index (κ3) is 3.79. The van der Waals surface area contributed by atoms with E-state index in [4.69, 9.17) is 0 Å². The highest BCUT2D eigenvalue weighted by molar-refractivity contribution is 9.10. The Kier molecular flexibility index (Phi) is 4.64. The molecule has 2 unspecified atom stereocenters. The van der Waals surface area contributed by atoms with E-state index in [-0.39, 0.29) is 11.3 Å². The van der Waals surface area contributed by atoms with E-state index in [9.17, 15) is 9.90 Å². The summed E-state index contributed by atoms with van der Waals surface area (Å²) in [4.78, 5) is 18.3. The highest BCUT2D eigenvalue weighted by Gasteiger charge is 2.57.